The molecule has 1 aromatic carbocycles. The van der Waals surface area contributed by atoms with Crippen molar-refractivity contribution in [1.29, 1.82) is 0 Å². The number of carbonyl (C=O) groups is 1. The van der Waals surface area contributed by atoms with Crippen LogP contribution in [0.25, 0.3) is 0 Å². The summed E-state index contributed by atoms with van der Waals surface area (Å²) >= 11 is 0. The summed E-state index contributed by atoms with van der Waals surface area (Å²) in [6.45, 7) is 5.39. The van der Waals surface area contributed by atoms with Crippen LogP contribution in [0.1, 0.15) is 81.1 Å². The molecule has 0 aliphatic rings. The van der Waals surface area contributed by atoms with Crippen LogP contribution in [0.2, 0.25) is 0 Å². The van der Waals surface area contributed by atoms with Gasteiger partial charge in [0.15, 0.2) is 6.29 Å². The van der Waals surface area contributed by atoms with Crippen LogP contribution in [0.5, 0.6) is 11.5 Å². The molecule has 1 N–H and O–H groups in total. The minimum Gasteiger partial charge on any atom is -0.493 e. The standard InChI is InChI=1S/C20H32O4/c1-3-5-7-9-11-23-19-13-18(16-22)20(14-17(19)15-21)24-12-10-8-6-4-2/h13-15,22H,3-12,16H2,1-2H3. The van der Waals surface area contributed by atoms with E-state index in [2.05, 4.69) is 13.8 Å². The van der Waals surface area contributed by atoms with Gasteiger partial charge in [0.05, 0.1) is 25.4 Å². The maximum absolute atomic E-state index is 11.3. The zero-order chi connectivity index (χ0) is 17.6. The van der Waals surface area contributed by atoms with Gasteiger partial charge in [-0.3, -0.25) is 4.79 Å². The Balaban J connectivity index is 2.64. The average molecular weight is 336 g/mol. The van der Waals surface area contributed by atoms with E-state index < -0.39 is 0 Å². The largest absolute Gasteiger partial charge is 0.493 e. The molecule has 0 atom stereocenters. The van der Waals surface area contributed by atoms with Crippen molar-refractivity contribution in [1.82, 2.24) is 0 Å². The van der Waals surface area contributed by atoms with Crippen molar-refractivity contribution >= 4 is 6.29 Å². The first-order valence-corrected chi connectivity index (χ1v) is 9.25. The molecule has 0 fully saturated rings. The fraction of sp³-hybridized carbons (Fsp3) is 0.650. The minimum atomic E-state index is -0.129. The van der Waals surface area contributed by atoms with Crippen molar-refractivity contribution in [3.63, 3.8) is 0 Å². The van der Waals surface area contributed by atoms with Gasteiger partial charge in [-0.05, 0) is 25.0 Å². The summed E-state index contributed by atoms with van der Waals surface area (Å²) in [5.74, 6) is 1.11. The molecular formula is C20H32O4. The second kappa shape index (κ2) is 12.8. The third kappa shape index (κ3) is 7.35. The van der Waals surface area contributed by atoms with Gasteiger partial charge in [0.1, 0.15) is 11.5 Å². The van der Waals surface area contributed by atoms with Crippen molar-refractivity contribution < 1.29 is 19.4 Å². The molecule has 136 valence electrons. The first kappa shape index (κ1) is 20.5. The molecule has 1 aromatic rings. The topological polar surface area (TPSA) is 55.8 Å². The molecule has 0 saturated heterocycles. The summed E-state index contributed by atoms with van der Waals surface area (Å²) < 4.78 is 11.5. The zero-order valence-electron chi connectivity index (χ0n) is 15.2. The summed E-state index contributed by atoms with van der Waals surface area (Å²) in [5.41, 5.74) is 1.14. The number of hydrogen-bond acceptors (Lipinski definition) is 4. The highest BCUT2D eigenvalue weighted by Crippen LogP contribution is 2.29. The number of aldehydes is 1. The third-order valence-electron chi connectivity index (χ3n) is 4.00. The Bertz CT molecular complexity index is 471. The Morgan fingerprint density at radius 1 is 0.875 bits per heavy atom. The molecule has 0 radical (unpaired) electrons. The number of carbonyl (C=O) groups excluding carboxylic acids is 1. The summed E-state index contributed by atoms with van der Waals surface area (Å²) in [6.07, 6.45) is 9.73. The fourth-order valence-corrected chi connectivity index (χ4v) is 2.51. The van der Waals surface area contributed by atoms with Crippen molar-refractivity contribution in [2.24, 2.45) is 0 Å². The van der Waals surface area contributed by atoms with E-state index in [-0.39, 0.29) is 6.61 Å². The van der Waals surface area contributed by atoms with Gasteiger partial charge in [-0.1, -0.05) is 52.4 Å². The van der Waals surface area contributed by atoms with E-state index in [4.69, 9.17) is 9.47 Å². The number of rotatable bonds is 14. The highest BCUT2D eigenvalue weighted by molar-refractivity contribution is 5.80. The van der Waals surface area contributed by atoms with E-state index in [9.17, 15) is 9.90 Å². The lowest BCUT2D eigenvalue weighted by atomic mass is 10.1. The van der Waals surface area contributed by atoms with Crippen molar-refractivity contribution in [3.8, 4) is 11.5 Å². The average Bonchev–Trinajstić information content (AvgIpc) is 2.61. The molecule has 0 amide bonds. The molecular weight excluding hydrogens is 304 g/mol. The number of aliphatic hydroxyl groups excluding tert-OH is 1. The van der Waals surface area contributed by atoms with E-state index in [1.54, 1.807) is 12.1 Å². The Morgan fingerprint density at radius 2 is 1.46 bits per heavy atom. The highest BCUT2D eigenvalue weighted by atomic mass is 16.5. The van der Waals surface area contributed by atoms with E-state index in [1.165, 1.54) is 25.7 Å². The molecule has 0 aromatic heterocycles. The number of aliphatic hydroxyl groups is 1. The lowest BCUT2D eigenvalue weighted by Gasteiger charge is -2.15. The Hall–Kier alpha value is -1.55. The van der Waals surface area contributed by atoms with Crippen LogP contribution in [0, 0.1) is 0 Å². The second-order valence-corrected chi connectivity index (χ2v) is 6.09. The number of hydrogen-bond donors (Lipinski definition) is 1. The molecule has 4 nitrogen and oxygen atoms in total. The molecule has 0 spiro atoms. The maximum Gasteiger partial charge on any atom is 0.153 e. The molecule has 4 heteroatoms. The van der Waals surface area contributed by atoms with Gasteiger partial charge >= 0.3 is 0 Å². The van der Waals surface area contributed by atoms with E-state index in [0.717, 1.165) is 32.0 Å². The van der Waals surface area contributed by atoms with Crippen molar-refractivity contribution in [2.75, 3.05) is 13.2 Å². The predicted octanol–water partition coefficient (Wildman–Crippen LogP) is 4.91. The van der Waals surface area contributed by atoms with Gasteiger partial charge < -0.3 is 14.6 Å². The van der Waals surface area contributed by atoms with Gasteiger partial charge in [0.25, 0.3) is 0 Å². The van der Waals surface area contributed by atoms with Crippen LogP contribution in [0.3, 0.4) is 0 Å². The Morgan fingerprint density at radius 3 is 1.96 bits per heavy atom. The minimum absolute atomic E-state index is 0.129. The molecule has 0 aliphatic heterocycles. The van der Waals surface area contributed by atoms with Crippen LogP contribution >= 0.6 is 0 Å². The zero-order valence-corrected chi connectivity index (χ0v) is 15.2. The summed E-state index contributed by atoms with van der Waals surface area (Å²) in [7, 11) is 0. The number of ether oxygens (including phenoxy) is 2. The second-order valence-electron chi connectivity index (χ2n) is 6.09. The quantitative estimate of drug-likeness (QED) is 0.387. The van der Waals surface area contributed by atoms with Gasteiger partial charge in [0, 0.05) is 5.56 Å². The van der Waals surface area contributed by atoms with Crippen LogP contribution in [0.15, 0.2) is 12.1 Å². The Kier molecular flexibility index (Phi) is 10.9. The SMILES string of the molecule is CCCCCCOc1cc(CO)c(OCCCCCC)cc1C=O. The van der Waals surface area contributed by atoms with E-state index >= 15 is 0 Å². The predicted molar refractivity (Wildman–Crippen MR) is 97.0 cm³/mol. The Labute approximate surface area is 146 Å². The van der Waals surface area contributed by atoms with Crippen LogP contribution in [-0.4, -0.2) is 24.6 Å². The summed E-state index contributed by atoms with van der Waals surface area (Å²) in [6, 6.07) is 3.41. The van der Waals surface area contributed by atoms with E-state index in [1.807, 2.05) is 0 Å². The normalized spacial score (nSPS) is 10.6. The highest BCUT2D eigenvalue weighted by Gasteiger charge is 2.11. The van der Waals surface area contributed by atoms with Crippen molar-refractivity contribution in [3.05, 3.63) is 23.3 Å². The molecule has 24 heavy (non-hydrogen) atoms. The van der Waals surface area contributed by atoms with Crippen molar-refractivity contribution in [2.45, 2.75) is 71.8 Å². The van der Waals surface area contributed by atoms with Crippen LogP contribution < -0.4 is 9.47 Å². The third-order valence-corrected chi connectivity index (χ3v) is 4.00. The molecule has 0 heterocycles. The number of benzene rings is 1. The van der Waals surface area contributed by atoms with Gasteiger partial charge in [-0.15, -0.1) is 0 Å². The fourth-order valence-electron chi connectivity index (χ4n) is 2.51. The smallest absolute Gasteiger partial charge is 0.153 e. The van der Waals surface area contributed by atoms with E-state index in [0.29, 0.717) is 35.8 Å². The molecule has 0 unspecified atom stereocenters. The first-order valence-electron chi connectivity index (χ1n) is 9.25. The van der Waals surface area contributed by atoms with Gasteiger partial charge in [0.2, 0.25) is 0 Å². The monoisotopic (exact) mass is 336 g/mol. The molecule has 0 saturated carbocycles. The van der Waals surface area contributed by atoms with Gasteiger partial charge in [-0.2, -0.15) is 0 Å². The first-order chi connectivity index (χ1) is 11.8. The number of unbranched alkanes of at least 4 members (excludes halogenated alkanes) is 6. The van der Waals surface area contributed by atoms with Crippen LogP contribution in [-0.2, 0) is 6.61 Å². The maximum atomic E-state index is 11.3. The van der Waals surface area contributed by atoms with Crippen LogP contribution in [0.4, 0.5) is 0 Å². The summed E-state index contributed by atoms with van der Waals surface area (Å²) in [5, 5.41) is 9.56. The lowest BCUT2D eigenvalue weighted by Crippen LogP contribution is -2.05. The molecule has 1 rings (SSSR count). The molecule has 0 aliphatic carbocycles. The lowest BCUT2D eigenvalue weighted by molar-refractivity contribution is 0.111. The summed E-state index contributed by atoms with van der Waals surface area (Å²) in [4.78, 5) is 11.3. The van der Waals surface area contributed by atoms with Gasteiger partial charge in [-0.25, -0.2) is 0 Å². The molecule has 0 bridgehead atoms.